The van der Waals surface area contributed by atoms with E-state index < -0.39 is 0 Å². The Labute approximate surface area is 90.5 Å². The molecule has 0 radical (unpaired) electrons. The van der Waals surface area contributed by atoms with E-state index in [-0.39, 0.29) is 6.10 Å². The summed E-state index contributed by atoms with van der Waals surface area (Å²) in [7, 11) is 0. The Hall–Kier alpha value is -0.470. The molecule has 2 heteroatoms. The first-order valence-corrected chi connectivity index (χ1v) is 5.99. The second kappa shape index (κ2) is 5.42. The van der Waals surface area contributed by atoms with Gasteiger partial charge in [0.15, 0.2) is 0 Å². The van der Waals surface area contributed by atoms with Crippen molar-refractivity contribution in [1.29, 1.82) is 0 Å². The Morgan fingerprint density at radius 2 is 1.71 bits per heavy atom. The molecule has 0 aliphatic rings. The van der Waals surface area contributed by atoms with Crippen LogP contribution in [0.3, 0.4) is 0 Å². The van der Waals surface area contributed by atoms with Crippen LogP contribution >= 0.6 is 11.8 Å². The van der Waals surface area contributed by atoms with Gasteiger partial charge in [0.1, 0.15) is 0 Å². The van der Waals surface area contributed by atoms with Crippen LogP contribution in [0, 0.1) is 5.92 Å². The summed E-state index contributed by atoms with van der Waals surface area (Å²) in [5, 5.41) is 9.33. The van der Waals surface area contributed by atoms with Crippen molar-refractivity contribution in [3.63, 3.8) is 0 Å². The van der Waals surface area contributed by atoms with Gasteiger partial charge in [-0.15, -0.1) is 11.8 Å². The van der Waals surface area contributed by atoms with Crippen LogP contribution in [-0.4, -0.2) is 10.9 Å². The molecule has 0 heterocycles. The molecule has 1 N–H and O–H groups in total. The van der Waals surface area contributed by atoms with E-state index in [1.54, 1.807) is 6.92 Å². The van der Waals surface area contributed by atoms with Crippen LogP contribution in [0.1, 0.15) is 32.4 Å². The van der Waals surface area contributed by atoms with Gasteiger partial charge in [-0.05, 0) is 30.5 Å². The average Bonchev–Trinajstić information content (AvgIpc) is 2.15. The summed E-state index contributed by atoms with van der Waals surface area (Å²) in [5.74, 6) is 1.87. The summed E-state index contributed by atoms with van der Waals surface area (Å²) >= 11 is 1.87. The van der Waals surface area contributed by atoms with Gasteiger partial charge in [0.2, 0.25) is 0 Å². The lowest BCUT2D eigenvalue weighted by molar-refractivity contribution is 0.199. The van der Waals surface area contributed by atoms with Gasteiger partial charge in [0, 0.05) is 10.6 Å². The van der Waals surface area contributed by atoms with Crippen LogP contribution in [0.4, 0.5) is 0 Å². The van der Waals surface area contributed by atoms with Crippen molar-refractivity contribution in [1.82, 2.24) is 0 Å². The number of hydrogen-bond donors (Lipinski definition) is 1. The van der Waals surface area contributed by atoms with Crippen LogP contribution in [0.5, 0.6) is 0 Å². The summed E-state index contributed by atoms with van der Waals surface area (Å²) in [6.07, 6.45) is -0.362. The van der Waals surface area contributed by atoms with Gasteiger partial charge >= 0.3 is 0 Å². The highest BCUT2D eigenvalue weighted by atomic mass is 32.2. The zero-order valence-corrected chi connectivity index (χ0v) is 9.84. The molecular formula is C12H18OS. The Kier molecular flexibility index (Phi) is 4.49. The van der Waals surface area contributed by atoms with Crippen molar-refractivity contribution in [2.45, 2.75) is 31.8 Å². The molecule has 0 aliphatic heterocycles. The van der Waals surface area contributed by atoms with Gasteiger partial charge in [-0.1, -0.05) is 26.0 Å². The van der Waals surface area contributed by atoms with Gasteiger partial charge in [0.05, 0.1) is 6.10 Å². The molecule has 0 fully saturated rings. The molecule has 1 rings (SSSR count). The highest BCUT2D eigenvalue weighted by Gasteiger charge is 2.01. The summed E-state index contributed by atoms with van der Waals surface area (Å²) < 4.78 is 0. The van der Waals surface area contributed by atoms with Gasteiger partial charge in [-0.25, -0.2) is 0 Å². The SMILES string of the molecule is CC(C)CSc1ccc(C(C)O)cc1. The largest absolute Gasteiger partial charge is 0.389 e. The molecule has 1 aromatic rings. The van der Waals surface area contributed by atoms with E-state index in [1.165, 1.54) is 4.90 Å². The molecule has 1 unspecified atom stereocenters. The van der Waals surface area contributed by atoms with E-state index in [0.717, 1.165) is 17.2 Å². The fourth-order valence-electron chi connectivity index (χ4n) is 1.11. The average molecular weight is 210 g/mol. The van der Waals surface area contributed by atoms with Gasteiger partial charge in [-0.3, -0.25) is 0 Å². The summed E-state index contributed by atoms with van der Waals surface area (Å²) in [5.41, 5.74) is 0.985. The van der Waals surface area contributed by atoms with Crippen LogP contribution in [0.25, 0.3) is 0 Å². The molecule has 0 amide bonds. The minimum atomic E-state index is -0.362. The van der Waals surface area contributed by atoms with Crippen molar-refractivity contribution in [2.24, 2.45) is 5.92 Å². The predicted molar refractivity (Wildman–Crippen MR) is 62.6 cm³/mol. The molecule has 1 nitrogen and oxygen atoms in total. The first-order chi connectivity index (χ1) is 6.59. The maximum atomic E-state index is 9.33. The van der Waals surface area contributed by atoms with Crippen LogP contribution in [0.2, 0.25) is 0 Å². The van der Waals surface area contributed by atoms with E-state index >= 15 is 0 Å². The predicted octanol–water partition coefficient (Wildman–Crippen LogP) is 3.49. The number of thioether (sulfide) groups is 1. The highest BCUT2D eigenvalue weighted by Crippen LogP contribution is 2.22. The minimum Gasteiger partial charge on any atom is -0.389 e. The van der Waals surface area contributed by atoms with Crippen molar-refractivity contribution in [3.05, 3.63) is 29.8 Å². The Morgan fingerprint density at radius 3 is 2.14 bits per heavy atom. The third kappa shape index (κ3) is 3.72. The van der Waals surface area contributed by atoms with Crippen molar-refractivity contribution >= 4 is 11.8 Å². The minimum absolute atomic E-state index is 0.362. The molecule has 0 aliphatic carbocycles. The van der Waals surface area contributed by atoms with Crippen LogP contribution in [0.15, 0.2) is 29.2 Å². The van der Waals surface area contributed by atoms with E-state index in [4.69, 9.17) is 0 Å². The molecule has 0 saturated heterocycles. The monoisotopic (exact) mass is 210 g/mol. The molecule has 0 aromatic heterocycles. The number of hydrogen-bond acceptors (Lipinski definition) is 2. The highest BCUT2D eigenvalue weighted by molar-refractivity contribution is 7.99. The molecular weight excluding hydrogens is 192 g/mol. The van der Waals surface area contributed by atoms with E-state index in [1.807, 2.05) is 23.9 Å². The lowest BCUT2D eigenvalue weighted by atomic mass is 10.1. The second-order valence-corrected chi connectivity index (χ2v) is 5.04. The zero-order chi connectivity index (χ0) is 10.6. The summed E-state index contributed by atoms with van der Waals surface area (Å²) in [6, 6.07) is 8.14. The van der Waals surface area contributed by atoms with Crippen LogP contribution < -0.4 is 0 Å². The Bertz CT molecular complexity index is 264. The first-order valence-electron chi connectivity index (χ1n) is 5.00. The number of aliphatic hydroxyl groups excluding tert-OH is 1. The fourth-order valence-corrected chi connectivity index (χ4v) is 1.96. The van der Waals surface area contributed by atoms with Crippen molar-refractivity contribution in [2.75, 3.05) is 5.75 Å². The van der Waals surface area contributed by atoms with Crippen molar-refractivity contribution in [3.8, 4) is 0 Å². The zero-order valence-electron chi connectivity index (χ0n) is 9.03. The van der Waals surface area contributed by atoms with Gasteiger partial charge in [-0.2, -0.15) is 0 Å². The van der Waals surface area contributed by atoms with E-state index in [9.17, 15) is 5.11 Å². The molecule has 78 valence electrons. The number of aliphatic hydroxyl groups is 1. The normalized spacial score (nSPS) is 13.2. The fraction of sp³-hybridized carbons (Fsp3) is 0.500. The molecule has 0 spiro atoms. The van der Waals surface area contributed by atoms with E-state index in [2.05, 4.69) is 26.0 Å². The first kappa shape index (κ1) is 11.6. The lowest BCUT2D eigenvalue weighted by Gasteiger charge is -2.07. The maximum Gasteiger partial charge on any atom is 0.0761 e. The van der Waals surface area contributed by atoms with Crippen molar-refractivity contribution < 1.29 is 5.11 Å². The molecule has 0 saturated carbocycles. The second-order valence-electron chi connectivity index (χ2n) is 3.95. The maximum absolute atomic E-state index is 9.33. The summed E-state index contributed by atoms with van der Waals surface area (Å²) in [4.78, 5) is 1.28. The summed E-state index contributed by atoms with van der Waals surface area (Å²) in [6.45, 7) is 6.23. The lowest BCUT2D eigenvalue weighted by Crippen LogP contribution is -1.92. The quantitative estimate of drug-likeness (QED) is 0.768. The number of rotatable bonds is 4. The number of benzene rings is 1. The third-order valence-electron chi connectivity index (χ3n) is 1.95. The Balaban J connectivity index is 2.55. The standard InChI is InChI=1S/C12H18OS/c1-9(2)8-14-12-6-4-11(5-7-12)10(3)13/h4-7,9-10,13H,8H2,1-3H3. The smallest absolute Gasteiger partial charge is 0.0761 e. The molecule has 1 aromatic carbocycles. The van der Waals surface area contributed by atoms with E-state index in [0.29, 0.717) is 0 Å². The third-order valence-corrected chi connectivity index (χ3v) is 3.38. The van der Waals surface area contributed by atoms with Gasteiger partial charge in [0.25, 0.3) is 0 Å². The van der Waals surface area contributed by atoms with Crippen LogP contribution in [-0.2, 0) is 0 Å². The molecule has 0 bridgehead atoms. The topological polar surface area (TPSA) is 20.2 Å². The molecule has 14 heavy (non-hydrogen) atoms. The molecule has 1 atom stereocenters. The van der Waals surface area contributed by atoms with Gasteiger partial charge < -0.3 is 5.11 Å². The Morgan fingerprint density at radius 1 is 1.14 bits per heavy atom.